The van der Waals surface area contributed by atoms with Crippen LogP contribution in [0, 0.1) is 13.8 Å². The first kappa shape index (κ1) is 12.6. The Morgan fingerprint density at radius 1 is 1.18 bits per heavy atom. The van der Waals surface area contributed by atoms with Crippen LogP contribution in [-0.4, -0.2) is 5.78 Å². The summed E-state index contributed by atoms with van der Waals surface area (Å²) < 4.78 is 0.650. The summed E-state index contributed by atoms with van der Waals surface area (Å²) in [6, 6.07) is 7.25. The van der Waals surface area contributed by atoms with Crippen LogP contribution in [0.15, 0.2) is 24.3 Å². The van der Waals surface area contributed by atoms with Gasteiger partial charge < -0.3 is 0 Å². The molecule has 0 saturated carbocycles. The topological polar surface area (TPSA) is 17.1 Å². The van der Waals surface area contributed by atoms with Gasteiger partial charge in [0.25, 0.3) is 0 Å². The van der Waals surface area contributed by atoms with Gasteiger partial charge in [0.05, 0.1) is 14.2 Å². The zero-order valence-electron chi connectivity index (χ0n) is 9.38. The van der Waals surface area contributed by atoms with Crippen molar-refractivity contribution < 1.29 is 4.79 Å². The van der Waals surface area contributed by atoms with Crippen molar-refractivity contribution in [3.63, 3.8) is 0 Å². The van der Waals surface area contributed by atoms with Gasteiger partial charge in [0.15, 0.2) is 0 Å². The molecule has 1 nitrogen and oxygen atoms in total. The lowest BCUT2D eigenvalue weighted by Crippen LogP contribution is -2.00. The zero-order chi connectivity index (χ0) is 12.6. The molecular weight excluding hydrogens is 275 g/mol. The second-order valence-corrected chi connectivity index (χ2v) is 5.87. The Kier molecular flexibility index (Phi) is 3.57. The Labute approximate surface area is 114 Å². The summed E-state index contributed by atoms with van der Waals surface area (Å²) in [6.07, 6.45) is 0. The van der Waals surface area contributed by atoms with Crippen molar-refractivity contribution in [2.75, 3.05) is 0 Å². The fourth-order valence-electron chi connectivity index (χ4n) is 1.53. The smallest absolute Gasteiger partial charge is 0.204 e. The van der Waals surface area contributed by atoms with Crippen LogP contribution in [0.1, 0.15) is 26.4 Å². The van der Waals surface area contributed by atoms with Gasteiger partial charge in [-0.15, -0.1) is 11.3 Å². The Morgan fingerprint density at radius 3 is 2.47 bits per heavy atom. The van der Waals surface area contributed by atoms with Crippen LogP contribution in [0.3, 0.4) is 0 Å². The van der Waals surface area contributed by atoms with Crippen molar-refractivity contribution in [3.8, 4) is 0 Å². The van der Waals surface area contributed by atoms with Gasteiger partial charge in [0, 0.05) is 5.56 Å². The SMILES string of the molecule is Cc1cc(C(=O)c2cccc(C)c2Cl)sc1Cl. The Hall–Kier alpha value is -0.830. The third-order valence-corrected chi connectivity index (χ3v) is 4.57. The Balaban J connectivity index is 2.47. The highest BCUT2D eigenvalue weighted by Gasteiger charge is 2.17. The third-order valence-electron chi connectivity index (χ3n) is 2.52. The summed E-state index contributed by atoms with van der Waals surface area (Å²) in [5.74, 6) is -0.0706. The summed E-state index contributed by atoms with van der Waals surface area (Å²) in [6.45, 7) is 3.76. The van der Waals surface area contributed by atoms with E-state index in [4.69, 9.17) is 23.2 Å². The lowest BCUT2D eigenvalue weighted by atomic mass is 10.1. The monoisotopic (exact) mass is 284 g/mol. The van der Waals surface area contributed by atoms with Gasteiger partial charge in [0.1, 0.15) is 0 Å². The maximum absolute atomic E-state index is 12.3. The Bertz CT molecular complexity index is 568. The van der Waals surface area contributed by atoms with Crippen molar-refractivity contribution in [3.05, 3.63) is 55.2 Å². The van der Waals surface area contributed by atoms with E-state index < -0.39 is 0 Å². The molecule has 0 amide bonds. The van der Waals surface area contributed by atoms with Gasteiger partial charge in [-0.2, -0.15) is 0 Å². The van der Waals surface area contributed by atoms with Crippen LogP contribution >= 0.6 is 34.5 Å². The summed E-state index contributed by atoms with van der Waals surface area (Å²) >= 11 is 13.4. The number of benzene rings is 1. The Morgan fingerprint density at radius 2 is 1.88 bits per heavy atom. The normalized spacial score (nSPS) is 10.6. The third kappa shape index (κ3) is 2.39. The van der Waals surface area contributed by atoms with Crippen LogP contribution in [0.4, 0.5) is 0 Å². The first-order chi connectivity index (χ1) is 8.00. The molecule has 0 fully saturated rings. The van der Waals surface area contributed by atoms with E-state index in [-0.39, 0.29) is 5.78 Å². The standard InChI is InChI=1S/C13H10Cl2OS/c1-7-4-3-5-9(11(7)14)12(16)10-6-8(2)13(15)17-10/h3-6H,1-2H3. The van der Waals surface area contributed by atoms with Crippen molar-refractivity contribution in [1.82, 2.24) is 0 Å². The fourth-order valence-corrected chi connectivity index (χ4v) is 2.89. The minimum Gasteiger partial charge on any atom is -0.288 e. The van der Waals surface area contributed by atoms with Gasteiger partial charge in [-0.25, -0.2) is 0 Å². The molecule has 2 aromatic rings. The number of hydrogen-bond acceptors (Lipinski definition) is 2. The fraction of sp³-hybridized carbons (Fsp3) is 0.154. The summed E-state index contributed by atoms with van der Waals surface area (Å²) in [4.78, 5) is 12.9. The molecule has 1 aromatic heterocycles. The number of aryl methyl sites for hydroxylation is 2. The number of ketones is 1. The molecule has 17 heavy (non-hydrogen) atoms. The molecule has 0 aliphatic rings. The van der Waals surface area contributed by atoms with Gasteiger partial charge in [-0.3, -0.25) is 4.79 Å². The van der Waals surface area contributed by atoms with Crippen LogP contribution in [-0.2, 0) is 0 Å². The molecule has 0 saturated heterocycles. The number of carbonyl (C=O) groups is 1. The molecule has 4 heteroatoms. The molecule has 0 unspecified atom stereocenters. The highest BCUT2D eigenvalue weighted by molar-refractivity contribution is 7.18. The van der Waals surface area contributed by atoms with E-state index in [1.165, 1.54) is 11.3 Å². The average molecular weight is 285 g/mol. The molecule has 88 valence electrons. The average Bonchev–Trinajstić information content (AvgIpc) is 2.62. The highest BCUT2D eigenvalue weighted by atomic mass is 35.5. The molecule has 0 aliphatic carbocycles. The second-order valence-electron chi connectivity index (χ2n) is 3.83. The molecule has 0 aliphatic heterocycles. The van der Waals surface area contributed by atoms with Crippen LogP contribution < -0.4 is 0 Å². The minimum absolute atomic E-state index is 0.0706. The number of hydrogen-bond donors (Lipinski definition) is 0. The number of carbonyl (C=O) groups excluding carboxylic acids is 1. The molecule has 0 radical (unpaired) electrons. The summed E-state index contributed by atoms with van der Waals surface area (Å²) in [7, 11) is 0. The maximum Gasteiger partial charge on any atom is 0.204 e. The molecule has 2 rings (SSSR count). The first-order valence-corrected chi connectivity index (χ1v) is 6.63. The predicted molar refractivity (Wildman–Crippen MR) is 73.7 cm³/mol. The van der Waals surface area contributed by atoms with Crippen LogP contribution in [0.25, 0.3) is 0 Å². The molecule has 1 aromatic carbocycles. The van der Waals surface area contributed by atoms with Crippen molar-refractivity contribution >= 4 is 40.3 Å². The number of halogens is 2. The zero-order valence-corrected chi connectivity index (χ0v) is 11.7. The van der Waals surface area contributed by atoms with Gasteiger partial charge >= 0.3 is 0 Å². The van der Waals surface area contributed by atoms with E-state index in [1.54, 1.807) is 12.1 Å². The van der Waals surface area contributed by atoms with Crippen LogP contribution in [0.5, 0.6) is 0 Å². The highest BCUT2D eigenvalue weighted by Crippen LogP contribution is 2.30. The maximum atomic E-state index is 12.3. The van der Waals surface area contributed by atoms with E-state index in [0.29, 0.717) is 19.8 Å². The van der Waals surface area contributed by atoms with E-state index in [2.05, 4.69) is 0 Å². The van der Waals surface area contributed by atoms with Gasteiger partial charge in [0.2, 0.25) is 5.78 Å². The molecule has 0 bridgehead atoms. The molecule has 1 heterocycles. The molecule has 0 spiro atoms. The van der Waals surface area contributed by atoms with E-state index in [9.17, 15) is 4.79 Å². The predicted octanol–water partition coefficient (Wildman–Crippen LogP) is 4.90. The molecular formula is C13H10Cl2OS. The lowest BCUT2D eigenvalue weighted by molar-refractivity contribution is 0.104. The molecule has 0 N–H and O–H groups in total. The van der Waals surface area contributed by atoms with Gasteiger partial charge in [-0.05, 0) is 37.1 Å². The first-order valence-electron chi connectivity index (χ1n) is 5.06. The van der Waals surface area contributed by atoms with E-state index >= 15 is 0 Å². The number of rotatable bonds is 2. The van der Waals surface area contributed by atoms with Crippen LogP contribution in [0.2, 0.25) is 9.36 Å². The lowest BCUT2D eigenvalue weighted by Gasteiger charge is -2.03. The summed E-state index contributed by atoms with van der Waals surface area (Å²) in [5, 5.41) is 0.514. The van der Waals surface area contributed by atoms with Crippen molar-refractivity contribution in [2.45, 2.75) is 13.8 Å². The largest absolute Gasteiger partial charge is 0.288 e. The number of thiophene rings is 1. The minimum atomic E-state index is -0.0706. The second kappa shape index (κ2) is 4.81. The van der Waals surface area contributed by atoms with Crippen molar-refractivity contribution in [2.24, 2.45) is 0 Å². The quantitative estimate of drug-likeness (QED) is 0.717. The van der Waals surface area contributed by atoms with E-state index in [1.807, 2.05) is 26.0 Å². The summed E-state index contributed by atoms with van der Waals surface area (Å²) in [5.41, 5.74) is 2.35. The van der Waals surface area contributed by atoms with Crippen molar-refractivity contribution in [1.29, 1.82) is 0 Å². The molecule has 0 atom stereocenters. The van der Waals surface area contributed by atoms with E-state index in [0.717, 1.165) is 11.1 Å². The van der Waals surface area contributed by atoms with Gasteiger partial charge in [-0.1, -0.05) is 35.3 Å².